The number of hydrogen-bond acceptors (Lipinski definition) is 8. The number of thioether (sulfide) groups is 2. The van der Waals surface area contributed by atoms with Gasteiger partial charge in [0.2, 0.25) is 23.6 Å². The van der Waals surface area contributed by atoms with Crippen LogP contribution in [0.15, 0.2) is 54.6 Å². The van der Waals surface area contributed by atoms with E-state index in [0.29, 0.717) is 23.8 Å². The smallest absolute Gasteiger partial charge is 0.244 e. The molecular formula is C30H39N5O5S2. The van der Waals surface area contributed by atoms with Crippen LogP contribution in [0.2, 0.25) is 0 Å². The van der Waals surface area contributed by atoms with Crippen molar-refractivity contribution >= 4 is 47.2 Å². The summed E-state index contributed by atoms with van der Waals surface area (Å²) in [5, 5.41) is 21.5. The largest absolute Gasteiger partial charge is 0.508 e. The first-order valence-corrected chi connectivity index (χ1v) is 16.2. The highest BCUT2D eigenvalue weighted by molar-refractivity contribution is 8.03. The number of phenolic OH excluding ortho intramolecular Hbond substituents is 1. The Bertz CT molecular complexity index is 1260. The first kappa shape index (κ1) is 31.7. The van der Waals surface area contributed by atoms with Crippen LogP contribution in [0.5, 0.6) is 5.75 Å². The van der Waals surface area contributed by atoms with E-state index in [-0.39, 0.29) is 24.0 Å². The highest BCUT2D eigenvalue weighted by Gasteiger charge is 2.39. The van der Waals surface area contributed by atoms with Crippen molar-refractivity contribution < 1.29 is 24.3 Å². The molecule has 0 bridgehead atoms. The van der Waals surface area contributed by atoms with E-state index in [1.165, 1.54) is 23.5 Å². The molecule has 10 nitrogen and oxygen atoms in total. The molecule has 4 rings (SSSR count). The van der Waals surface area contributed by atoms with Gasteiger partial charge in [0.15, 0.2) is 0 Å². The summed E-state index contributed by atoms with van der Waals surface area (Å²) >= 11 is 3.04. The highest BCUT2D eigenvalue weighted by Crippen LogP contribution is 2.31. The van der Waals surface area contributed by atoms with Gasteiger partial charge in [-0.1, -0.05) is 42.5 Å². The Hall–Kier alpha value is -3.22. The first-order valence-electron chi connectivity index (χ1n) is 14.0. The number of nitrogens with two attached hydrogens (primary N) is 1. The van der Waals surface area contributed by atoms with Crippen LogP contribution in [0.1, 0.15) is 37.3 Å². The van der Waals surface area contributed by atoms with Gasteiger partial charge in [0.25, 0.3) is 0 Å². The molecule has 2 aromatic carbocycles. The molecule has 1 unspecified atom stereocenters. The van der Waals surface area contributed by atoms with Gasteiger partial charge >= 0.3 is 0 Å². The molecule has 2 fully saturated rings. The maximum Gasteiger partial charge on any atom is 0.244 e. The van der Waals surface area contributed by atoms with Crippen molar-refractivity contribution in [3.05, 3.63) is 65.7 Å². The number of aromatic hydroxyl groups is 1. The molecule has 42 heavy (non-hydrogen) atoms. The SMILES string of the molecule is CC1(C)SCCSC[C@@H](NC(=O)[C@H]2NCCC2c2ccc(O)cc2)C(=O)N[C@@H](Cc2ccccc2)C(=O)N[C@H]1C(N)=O. The van der Waals surface area contributed by atoms with Gasteiger partial charge in [-0.05, 0) is 50.1 Å². The molecule has 2 heterocycles. The third-order valence-electron chi connectivity index (χ3n) is 7.63. The maximum atomic E-state index is 13.7. The second kappa shape index (κ2) is 14.3. The maximum absolute atomic E-state index is 13.7. The van der Waals surface area contributed by atoms with Crippen LogP contribution in [-0.2, 0) is 25.6 Å². The Balaban J connectivity index is 1.56. The number of amides is 4. The number of carbonyl (C=O) groups excluding carboxylic acids is 4. The molecule has 0 spiro atoms. The second-order valence-electron chi connectivity index (χ2n) is 11.1. The molecule has 5 atom stereocenters. The first-order chi connectivity index (χ1) is 20.0. The van der Waals surface area contributed by atoms with Crippen molar-refractivity contribution in [2.75, 3.05) is 23.8 Å². The van der Waals surface area contributed by atoms with Gasteiger partial charge in [-0.2, -0.15) is 23.5 Å². The van der Waals surface area contributed by atoms with E-state index in [1.54, 1.807) is 24.3 Å². The summed E-state index contributed by atoms with van der Waals surface area (Å²) in [5.74, 6) is -0.278. The molecule has 4 amide bonds. The van der Waals surface area contributed by atoms with Crippen molar-refractivity contribution in [3.63, 3.8) is 0 Å². The lowest BCUT2D eigenvalue weighted by Gasteiger charge is -2.33. The summed E-state index contributed by atoms with van der Waals surface area (Å²) in [4.78, 5) is 53.2. The Kier molecular flexibility index (Phi) is 10.8. The van der Waals surface area contributed by atoms with Crippen LogP contribution in [0, 0.1) is 0 Å². The minimum atomic E-state index is -0.998. The number of benzene rings is 2. The number of primary amides is 1. The Morgan fingerprint density at radius 3 is 2.43 bits per heavy atom. The van der Waals surface area contributed by atoms with Crippen LogP contribution < -0.4 is 27.0 Å². The number of nitrogens with one attached hydrogen (secondary N) is 4. The van der Waals surface area contributed by atoms with Gasteiger partial charge in [-0.25, -0.2) is 0 Å². The van der Waals surface area contributed by atoms with Crippen LogP contribution >= 0.6 is 23.5 Å². The third kappa shape index (κ3) is 8.20. The van der Waals surface area contributed by atoms with Crippen molar-refractivity contribution in [1.29, 1.82) is 0 Å². The monoisotopic (exact) mass is 613 g/mol. The summed E-state index contributed by atoms with van der Waals surface area (Å²) in [6.07, 6.45) is 0.931. The van der Waals surface area contributed by atoms with Crippen LogP contribution in [0.3, 0.4) is 0 Å². The van der Waals surface area contributed by atoms with Crippen molar-refractivity contribution in [1.82, 2.24) is 21.3 Å². The lowest BCUT2D eigenvalue weighted by Crippen LogP contribution is -2.61. The predicted molar refractivity (Wildman–Crippen MR) is 166 cm³/mol. The normalized spacial score (nSPS) is 27.0. The lowest BCUT2D eigenvalue weighted by molar-refractivity contribution is -0.133. The van der Waals surface area contributed by atoms with Crippen molar-refractivity contribution in [2.45, 2.75) is 61.5 Å². The number of rotatable bonds is 6. The third-order valence-corrected chi connectivity index (χ3v) is 10.3. The van der Waals surface area contributed by atoms with E-state index in [0.717, 1.165) is 17.5 Å². The zero-order valence-corrected chi connectivity index (χ0v) is 25.4. The summed E-state index contributed by atoms with van der Waals surface area (Å²) in [6.45, 7) is 4.37. The average Bonchev–Trinajstić information content (AvgIpc) is 3.45. The van der Waals surface area contributed by atoms with E-state index >= 15 is 0 Å². The van der Waals surface area contributed by atoms with Crippen LogP contribution in [0.25, 0.3) is 0 Å². The van der Waals surface area contributed by atoms with E-state index in [2.05, 4.69) is 21.3 Å². The fourth-order valence-corrected chi connectivity index (χ4v) is 7.62. The quantitative estimate of drug-likeness (QED) is 0.284. The van der Waals surface area contributed by atoms with Crippen LogP contribution in [-0.4, -0.2) is 81.5 Å². The van der Waals surface area contributed by atoms with Crippen LogP contribution in [0.4, 0.5) is 0 Å². The molecule has 0 aromatic heterocycles. The van der Waals surface area contributed by atoms with E-state index in [4.69, 9.17) is 5.73 Å². The highest BCUT2D eigenvalue weighted by atomic mass is 32.2. The molecule has 2 aliphatic heterocycles. The summed E-state index contributed by atoms with van der Waals surface area (Å²) in [6, 6.07) is 12.7. The molecule has 226 valence electrons. The molecule has 0 radical (unpaired) electrons. The number of hydrogen-bond donors (Lipinski definition) is 6. The zero-order valence-electron chi connectivity index (χ0n) is 23.8. The summed E-state index contributed by atoms with van der Waals surface area (Å²) in [5.41, 5.74) is 7.47. The van der Waals surface area contributed by atoms with Crippen molar-refractivity contribution in [2.24, 2.45) is 5.73 Å². The Morgan fingerprint density at radius 1 is 1.02 bits per heavy atom. The summed E-state index contributed by atoms with van der Waals surface area (Å²) < 4.78 is -0.678. The van der Waals surface area contributed by atoms with Gasteiger partial charge in [0, 0.05) is 34.3 Å². The van der Waals surface area contributed by atoms with Gasteiger partial charge in [0.1, 0.15) is 23.9 Å². The molecule has 0 saturated carbocycles. The molecule has 2 aromatic rings. The zero-order chi connectivity index (χ0) is 30.3. The fourth-order valence-electron chi connectivity index (χ4n) is 5.31. The van der Waals surface area contributed by atoms with E-state index in [9.17, 15) is 24.3 Å². The molecule has 0 aliphatic carbocycles. The Morgan fingerprint density at radius 2 is 1.74 bits per heavy atom. The van der Waals surface area contributed by atoms with Crippen molar-refractivity contribution in [3.8, 4) is 5.75 Å². The lowest BCUT2D eigenvalue weighted by atomic mass is 9.91. The molecule has 2 saturated heterocycles. The average molecular weight is 614 g/mol. The number of carbonyl (C=O) groups is 4. The molecule has 7 N–H and O–H groups in total. The van der Waals surface area contributed by atoms with E-state index in [1.807, 2.05) is 44.2 Å². The Labute approximate surface area is 254 Å². The molecular weight excluding hydrogens is 574 g/mol. The minimum absolute atomic E-state index is 0.114. The predicted octanol–water partition coefficient (Wildman–Crippen LogP) is 1.28. The fraction of sp³-hybridized carbons (Fsp3) is 0.467. The number of phenols is 1. The van der Waals surface area contributed by atoms with Gasteiger partial charge < -0.3 is 32.1 Å². The molecule has 12 heteroatoms. The summed E-state index contributed by atoms with van der Waals surface area (Å²) in [7, 11) is 0. The van der Waals surface area contributed by atoms with Gasteiger partial charge in [0.05, 0.1) is 6.04 Å². The van der Waals surface area contributed by atoms with E-state index < -0.39 is 46.6 Å². The van der Waals surface area contributed by atoms with Gasteiger partial charge in [-0.3, -0.25) is 19.2 Å². The minimum Gasteiger partial charge on any atom is -0.508 e. The van der Waals surface area contributed by atoms with Gasteiger partial charge in [-0.15, -0.1) is 0 Å². The topological polar surface area (TPSA) is 163 Å². The second-order valence-corrected chi connectivity index (χ2v) is 14.0. The standard InChI is InChI=1S/C30H39N5O5S2/c1-30(2)25(26(31)37)35-27(38)22(16-18-6-4-3-5-7-18)33-28(39)23(17-41-14-15-42-30)34-29(40)24-21(12-13-32-24)19-8-10-20(36)11-9-19/h3-11,21-25,32,36H,12-17H2,1-2H3,(H2,31,37)(H,33,39)(H,34,40)(H,35,38)/t21?,22-,23+,24-,25-/m0/s1. The molecule has 2 aliphatic rings.